The van der Waals surface area contributed by atoms with Gasteiger partial charge in [-0.1, -0.05) is 24.3 Å². The van der Waals surface area contributed by atoms with Crippen LogP contribution in [0.15, 0.2) is 42.5 Å². The largest absolute Gasteiger partial charge is 0.494 e. The van der Waals surface area contributed by atoms with Crippen LogP contribution in [0.1, 0.15) is 41.3 Å². The van der Waals surface area contributed by atoms with Crippen molar-refractivity contribution in [3.63, 3.8) is 0 Å². The molecule has 2 aromatic carbocycles. The van der Waals surface area contributed by atoms with E-state index >= 15 is 0 Å². The number of anilines is 1. The number of rotatable bonds is 6. The van der Waals surface area contributed by atoms with E-state index in [-0.39, 0.29) is 11.7 Å². The molecule has 1 aliphatic rings. The van der Waals surface area contributed by atoms with E-state index < -0.39 is 10.0 Å². The van der Waals surface area contributed by atoms with Gasteiger partial charge in [0.15, 0.2) is 0 Å². The first-order valence-corrected chi connectivity index (χ1v) is 11.5. The van der Waals surface area contributed by atoms with Gasteiger partial charge in [0.05, 0.1) is 18.0 Å². The monoisotopic (exact) mass is 416 g/mol. The van der Waals surface area contributed by atoms with Crippen LogP contribution in [0.2, 0.25) is 0 Å². The molecular formula is C22H28N2O4S. The number of para-hydroxylation sites is 1. The average Bonchev–Trinajstić information content (AvgIpc) is 2.69. The first kappa shape index (κ1) is 21.2. The Labute approximate surface area is 173 Å². The first-order chi connectivity index (χ1) is 13.8. The fraction of sp³-hybridized carbons (Fsp3) is 0.409. The predicted octanol–water partition coefficient (Wildman–Crippen LogP) is 3.60. The van der Waals surface area contributed by atoms with Crippen molar-refractivity contribution in [1.29, 1.82) is 0 Å². The molecule has 0 aromatic heterocycles. The third kappa shape index (κ3) is 4.72. The van der Waals surface area contributed by atoms with Gasteiger partial charge >= 0.3 is 0 Å². The van der Waals surface area contributed by atoms with Crippen molar-refractivity contribution < 1.29 is 17.9 Å². The van der Waals surface area contributed by atoms with Crippen LogP contribution in [0, 0.1) is 6.92 Å². The normalized spacial score (nSPS) is 15.8. The summed E-state index contributed by atoms with van der Waals surface area (Å²) in [5, 5.41) is 0. The summed E-state index contributed by atoms with van der Waals surface area (Å²) in [5.41, 5.74) is 2.84. The van der Waals surface area contributed by atoms with Crippen LogP contribution >= 0.6 is 0 Å². The molecule has 1 heterocycles. The lowest BCUT2D eigenvalue weighted by Gasteiger charge is -2.30. The molecule has 0 N–H and O–H groups in total. The standard InChI is InChI=1S/C22H28N2O4S/c1-4-28-21-10-6-5-9-19(21)16-23(3)22(25)18-12-11-17(2)20(15-18)24-13-7-8-14-29(24,26)27/h5-6,9-12,15H,4,7-8,13-14,16H2,1-3H3. The van der Waals surface area contributed by atoms with Gasteiger partial charge < -0.3 is 9.64 Å². The maximum atomic E-state index is 13.0. The lowest BCUT2D eigenvalue weighted by atomic mass is 10.1. The molecular weight excluding hydrogens is 388 g/mol. The summed E-state index contributed by atoms with van der Waals surface area (Å²) < 4.78 is 32.1. The molecule has 0 aliphatic carbocycles. The van der Waals surface area contributed by atoms with Crippen LogP contribution in [0.4, 0.5) is 5.69 Å². The van der Waals surface area contributed by atoms with E-state index in [1.807, 2.05) is 44.2 Å². The molecule has 0 bridgehead atoms. The minimum absolute atomic E-state index is 0.152. The summed E-state index contributed by atoms with van der Waals surface area (Å²) in [6, 6.07) is 12.9. The van der Waals surface area contributed by atoms with Gasteiger partial charge in [-0.2, -0.15) is 0 Å². The number of sulfonamides is 1. The van der Waals surface area contributed by atoms with E-state index in [0.29, 0.717) is 37.4 Å². The van der Waals surface area contributed by atoms with Gasteiger partial charge in [0.1, 0.15) is 5.75 Å². The lowest BCUT2D eigenvalue weighted by molar-refractivity contribution is 0.0784. The molecule has 0 radical (unpaired) electrons. The van der Waals surface area contributed by atoms with Gasteiger partial charge in [0, 0.05) is 31.3 Å². The lowest BCUT2D eigenvalue weighted by Crippen LogP contribution is -2.38. The molecule has 1 aliphatic heterocycles. The zero-order valence-electron chi connectivity index (χ0n) is 17.2. The summed E-state index contributed by atoms with van der Waals surface area (Å²) in [6.45, 7) is 5.21. The zero-order chi connectivity index (χ0) is 21.0. The van der Waals surface area contributed by atoms with Crippen molar-refractivity contribution in [1.82, 2.24) is 4.90 Å². The number of carbonyl (C=O) groups is 1. The molecule has 1 fully saturated rings. The third-order valence-corrected chi connectivity index (χ3v) is 6.96. The van der Waals surface area contributed by atoms with Crippen molar-refractivity contribution >= 4 is 21.6 Å². The Balaban J connectivity index is 1.84. The van der Waals surface area contributed by atoms with Gasteiger partial charge in [0.2, 0.25) is 10.0 Å². The summed E-state index contributed by atoms with van der Waals surface area (Å²) in [4.78, 5) is 14.7. The van der Waals surface area contributed by atoms with Crippen molar-refractivity contribution in [3.8, 4) is 5.75 Å². The topological polar surface area (TPSA) is 66.9 Å². The maximum Gasteiger partial charge on any atom is 0.253 e. The number of hydrogen-bond donors (Lipinski definition) is 0. The van der Waals surface area contributed by atoms with E-state index in [2.05, 4.69) is 0 Å². The van der Waals surface area contributed by atoms with E-state index in [1.54, 1.807) is 24.1 Å². The Bertz CT molecular complexity index is 988. The summed E-state index contributed by atoms with van der Waals surface area (Å²) in [6.07, 6.45) is 1.50. The molecule has 0 unspecified atom stereocenters. The number of nitrogens with zero attached hydrogens (tertiary/aromatic N) is 2. The fourth-order valence-electron chi connectivity index (χ4n) is 3.55. The van der Waals surface area contributed by atoms with E-state index in [0.717, 1.165) is 23.3 Å². The van der Waals surface area contributed by atoms with Crippen molar-refractivity contribution in [3.05, 3.63) is 59.2 Å². The van der Waals surface area contributed by atoms with Crippen LogP contribution in [-0.2, 0) is 16.6 Å². The SMILES string of the molecule is CCOc1ccccc1CN(C)C(=O)c1ccc(C)c(N2CCCCS2(=O)=O)c1. The fourth-order valence-corrected chi connectivity index (χ4v) is 5.24. The number of carbonyl (C=O) groups excluding carboxylic acids is 1. The van der Waals surface area contributed by atoms with Gasteiger partial charge in [-0.25, -0.2) is 8.42 Å². The van der Waals surface area contributed by atoms with Crippen LogP contribution in [0.5, 0.6) is 5.75 Å². The minimum Gasteiger partial charge on any atom is -0.494 e. The first-order valence-electron chi connectivity index (χ1n) is 9.90. The zero-order valence-corrected chi connectivity index (χ0v) is 18.0. The smallest absolute Gasteiger partial charge is 0.253 e. The highest BCUT2D eigenvalue weighted by atomic mass is 32.2. The Morgan fingerprint density at radius 1 is 1.17 bits per heavy atom. The van der Waals surface area contributed by atoms with Crippen LogP contribution < -0.4 is 9.04 Å². The molecule has 29 heavy (non-hydrogen) atoms. The maximum absolute atomic E-state index is 13.0. The number of amides is 1. The highest BCUT2D eigenvalue weighted by molar-refractivity contribution is 7.92. The van der Waals surface area contributed by atoms with Crippen LogP contribution in [0.3, 0.4) is 0 Å². The highest BCUT2D eigenvalue weighted by Crippen LogP contribution is 2.28. The molecule has 2 aromatic rings. The highest BCUT2D eigenvalue weighted by Gasteiger charge is 2.28. The van der Waals surface area contributed by atoms with Crippen LogP contribution in [0.25, 0.3) is 0 Å². The molecule has 6 nitrogen and oxygen atoms in total. The second kappa shape index (κ2) is 8.86. The number of aryl methyl sites for hydroxylation is 1. The van der Waals surface area contributed by atoms with Crippen LogP contribution in [-0.4, -0.2) is 45.2 Å². The van der Waals surface area contributed by atoms with Gasteiger partial charge in [-0.3, -0.25) is 9.10 Å². The molecule has 0 spiro atoms. The number of benzene rings is 2. The van der Waals surface area contributed by atoms with E-state index in [1.165, 1.54) is 4.31 Å². The molecule has 0 atom stereocenters. The summed E-state index contributed by atoms with van der Waals surface area (Å²) in [7, 11) is -1.59. The minimum atomic E-state index is -3.33. The van der Waals surface area contributed by atoms with Crippen molar-refractivity contribution in [2.45, 2.75) is 33.2 Å². The van der Waals surface area contributed by atoms with Gasteiger partial charge in [-0.05, 0) is 50.5 Å². The van der Waals surface area contributed by atoms with Gasteiger partial charge in [0.25, 0.3) is 5.91 Å². The van der Waals surface area contributed by atoms with Crippen molar-refractivity contribution in [2.75, 3.05) is 30.3 Å². The molecule has 0 saturated carbocycles. The number of ether oxygens (including phenoxy) is 1. The molecule has 156 valence electrons. The summed E-state index contributed by atoms with van der Waals surface area (Å²) >= 11 is 0. The number of hydrogen-bond acceptors (Lipinski definition) is 4. The molecule has 7 heteroatoms. The Morgan fingerprint density at radius 3 is 2.66 bits per heavy atom. The molecule has 1 saturated heterocycles. The molecule has 3 rings (SSSR count). The van der Waals surface area contributed by atoms with Crippen molar-refractivity contribution in [2.24, 2.45) is 0 Å². The Kier molecular flexibility index (Phi) is 6.47. The second-order valence-corrected chi connectivity index (χ2v) is 9.31. The van der Waals surface area contributed by atoms with E-state index in [9.17, 15) is 13.2 Å². The quantitative estimate of drug-likeness (QED) is 0.722. The second-order valence-electron chi connectivity index (χ2n) is 7.30. The molecule has 1 amide bonds. The van der Waals surface area contributed by atoms with E-state index in [4.69, 9.17) is 4.74 Å². The predicted molar refractivity (Wildman–Crippen MR) is 115 cm³/mol. The average molecular weight is 417 g/mol. The Hall–Kier alpha value is -2.54. The summed E-state index contributed by atoms with van der Waals surface area (Å²) in [5.74, 6) is 0.754. The third-order valence-electron chi connectivity index (χ3n) is 5.10. The van der Waals surface area contributed by atoms with Gasteiger partial charge in [-0.15, -0.1) is 0 Å². The Morgan fingerprint density at radius 2 is 1.93 bits per heavy atom.